The monoisotopic (exact) mass is 549 g/mol. The van der Waals surface area contributed by atoms with Crippen LogP contribution in [0.2, 0.25) is 0 Å². The molecule has 4 aromatic rings. The van der Waals surface area contributed by atoms with Gasteiger partial charge >= 0.3 is 6.43 Å². The Labute approximate surface area is 230 Å². The Morgan fingerprint density at radius 2 is 1.68 bits per heavy atom. The second-order valence-electron chi connectivity index (χ2n) is 10.0. The number of piperidine rings is 1. The molecule has 1 aliphatic heterocycles. The maximum atomic E-state index is 14.0. The van der Waals surface area contributed by atoms with Crippen LogP contribution in [0, 0.1) is 5.82 Å². The van der Waals surface area contributed by atoms with E-state index < -0.39 is 12.3 Å². The van der Waals surface area contributed by atoms with Gasteiger partial charge in [-0.05, 0) is 86.1 Å². The average molecular weight is 550 g/mol. The van der Waals surface area contributed by atoms with Crippen molar-refractivity contribution in [2.75, 3.05) is 37.0 Å². The van der Waals surface area contributed by atoms with Gasteiger partial charge in [-0.25, -0.2) is 4.39 Å². The Kier molecular flexibility index (Phi) is 8.16. The third-order valence-corrected chi connectivity index (χ3v) is 7.37. The molecule has 208 valence electrons. The Morgan fingerprint density at radius 1 is 0.975 bits per heavy atom. The van der Waals surface area contributed by atoms with Crippen LogP contribution < -0.4 is 9.80 Å². The molecule has 0 aliphatic carbocycles. The highest BCUT2D eigenvalue weighted by atomic mass is 19.3. The third kappa shape index (κ3) is 6.02. The topological polar surface area (TPSA) is 65.7 Å². The largest absolute Gasteiger partial charge is 0.415 e. The molecule has 0 radical (unpaired) electrons. The van der Waals surface area contributed by atoms with Crippen LogP contribution in [0.15, 0.2) is 71.1 Å². The first-order chi connectivity index (χ1) is 19.3. The summed E-state index contributed by atoms with van der Waals surface area (Å²) >= 11 is 0. The molecule has 3 aromatic carbocycles. The normalized spacial score (nSPS) is 14.4. The van der Waals surface area contributed by atoms with Crippen LogP contribution in [-0.4, -0.2) is 54.7 Å². The number of hydrogen-bond acceptors (Lipinski definition) is 6. The molecule has 10 heteroatoms. The van der Waals surface area contributed by atoms with Crippen molar-refractivity contribution in [3.05, 3.63) is 84.0 Å². The molecule has 1 saturated heterocycles. The Bertz CT molecular complexity index is 1450. The molecule has 0 N–H and O–H groups in total. The lowest BCUT2D eigenvalue weighted by Gasteiger charge is -2.38. The van der Waals surface area contributed by atoms with Crippen molar-refractivity contribution in [2.45, 2.75) is 31.9 Å². The van der Waals surface area contributed by atoms with Gasteiger partial charge in [0.2, 0.25) is 12.3 Å². The first-order valence-electron chi connectivity index (χ1n) is 13.1. The molecule has 1 fully saturated rings. The van der Waals surface area contributed by atoms with Crippen molar-refractivity contribution in [3.8, 4) is 22.6 Å². The summed E-state index contributed by atoms with van der Waals surface area (Å²) in [5.41, 5.74) is 4.44. The lowest BCUT2D eigenvalue weighted by molar-refractivity contribution is -0.107. The fraction of sp³-hybridized carbons (Fsp3) is 0.300. The third-order valence-electron chi connectivity index (χ3n) is 7.37. The number of likely N-dealkylation sites (tertiary alicyclic amines) is 1. The molecular weight excluding hydrogens is 519 g/mol. The predicted molar refractivity (Wildman–Crippen MR) is 148 cm³/mol. The molecule has 5 rings (SSSR count). The van der Waals surface area contributed by atoms with Crippen molar-refractivity contribution in [1.29, 1.82) is 0 Å². The van der Waals surface area contributed by atoms with Gasteiger partial charge < -0.3 is 19.1 Å². The quantitative estimate of drug-likeness (QED) is 0.233. The van der Waals surface area contributed by atoms with Crippen molar-refractivity contribution in [3.63, 3.8) is 0 Å². The van der Waals surface area contributed by atoms with Crippen LogP contribution in [-0.2, 0) is 11.3 Å². The maximum Gasteiger partial charge on any atom is 0.314 e. The minimum Gasteiger partial charge on any atom is -0.415 e. The summed E-state index contributed by atoms with van der Waals surface area (Å²) in [5.74, 6) is -1.06. The zero-order valence-corrected chi connectivity index (χ0v) is 22.3. The number of alkyl halides is 2. The van der Waals surface area contributed by atoms with Crippen LogP contribution in [0.5, 0.6) is 0 Å². The molecule has 1 aliphatic rings. The van der Waals surface area contributed by atoms with Crippen LogP contribution in [0.25, 0.3) is 22.6 Å². The van der Waals surface area contributed by atoms with Gasteiger partial charge in [0.15, 0.2) is 0 Å². The number of halogens is 3. The highest BCUT2D eigenvalue weighted by Crippen LogP contribution is 2.36. The molecule has 2 heterocycles. The summed E-state index contributed by atoms with van der Waals surface area (Å²) in [5, 5.41) is 7.06. The minimum atomic E-state index is -2.84. The summed E-state index contributed by atoms with van der Waals surface area (Å²) in [6, 6.07) is 19.5. The van der Waals surface area contributed by atoms with Crippen molar-refractivity contribution >= 4 is 17.8 Å². The number of rotatable bonds is 9. The Hall–Kier alpha value is -4.18. The number of carbonyl (C=O) groups excluding carboxylic acids is 1. The fourth-order valence-electron chi connectivity index (χ4n) is 5.05. The van der Waals surface area contributed by atoms with Crippen LogP contribution in [0.3, 0.4) is 0 Å². The van der Waals surface area contributed by atoms with E-state index in [9.17, 15) is 18.0 Å². The van der Waals surface area contributed by atoms with Crippen LogP contribution >= 0.6 is 0 Å². The van der Waals surface area contributed by atoms with Gasteiger partial charge in [-0.3, -0.25) is 4.79 Å². The molecule has 0 saturated carbocycles. The van der Waals surface area contributed by atoms with E-state index in [0.717, 1.165) is 49.2 Å². The summed E-state index contributed by atoms with van der Waals surface area (Å²) < 4.78 is 44.7. The minimum absolute atomic E-state index is 0.000995. The standard InChI is InChI=1S/C30H30F3N5O2/c1-36-14-12-25(13-15-36)37(2)26-11-10-23(22-4-3-5-24(31)16-22)17-27(26)38(19-39)18-20-6-8-21(9-7-20)29-34-35-30(40-29)28(32)33/h3-11,16-17,19,25,28H,12-15,18H2,1-2H3. The molecule has 40 heavy (non-hydrogen) atoms. The molecule has 1 amide bonds. The molecule has 7 nitrogen and oxygen atoms in total. The molecule has 0 bridgehead atoms. The Balaban J connectivity index is 1.45. The second-order valence-corrected chi connectivity index (χ2v) is 10.0. The molecule has 0 atom stereocenters. The molecular formula is C30H30F3N5O2. The van der Waals surface area contributed by atoms with Gasteiger partial charge in [0.05, 0.1) is 17.9 Å². The van der Waals surface area contributed by atoms with E-state index in [1.54, 1.807) is 35.2 Å². The summed E-state index contributed by atoms with van der Waals surface area (Å²) in [7, 11) is 4.16. The zero-order valence-electron chi connectivity index (χ0n) is 22.3. The van der Waals surface area contributed by atoms with E-state index in [1.807, 2.05) is 31.3 Å². The van der Waals surface area contributed by atoms with Crippen LogP contribution in [0.1, 0.15) is 30.7 Å². The zero-order chi connectivity index (χ0) is 28.2. The molecule has 1 aromatic heterocycles. The average Bonchev–Trinajstić information content (AvgIpc) is 3.47. The van der Waals surface area contributed by atoms with E-state index in [-0.39, 0.29) is 18.3 Å². The van der Waals surface area contributed by atoms with E-state index in [2.05, 4.69) is 27.0 Å². The van der Waals surface area contributed by atoms with Crippen LogP contribution in [0.4, 0.5) is 24.5 Å². The number of aromatic nitrogens is 2. The van der Waals surface area contributed by atoms with Crippen molar-refractivity contribution in [1.82, 2.24) is 15.1 Å². The number of hydrogen-bond donors (Lipinski definition) is 0. The highest BCUT2D eigenvalue weighted by molar-refractivity contribution is 5.87. The first-order valence-corrected chi connectivity index (χ1v) is 13.1. The summed E-state index contributed by atoms with van der Waals surface area (Å²) in [6.07, 6.45) is -0.0447. The van der Waals surface area contributed by atoms with Gasteiger partial charge in [0.25, 0.3) is 5.89 Å². The number of carbonyl (C=O) groups is 1. The van der Waals surface area contributed by atoms with E-state index >= 15 is 0 Å². The first kappa shape index (κ1) is 27.4. The lowest BCUT2D eigenvalue weighted by Crippen LogP contribution is -2.42. The summed E-state index contributed by atoms with van der Waals surface area (Å²) in [4.78, 5) is 18.7. The lowest BCUT2D eigenvalue weighted by atomic mass is 10.00. The SMILES string of the molecule is CN1CCC(N(C)c2ccc(-c3cccc(F)c3)cc2N(C=O)Cc2ccc(-c3nnc(C(F)F)o3)cc2)CC1. The summed E-state index contributed by atoms with van der Waals surface area (Å²) in [6.45, 7) is 2.25. The van der Waals surface area contributed by atoms with Gasteiger partial charge in [-0.2, -0.15) is 8.78 Å². The van der Waals surface area contributed by atoms with E-state index in [0.29, 0.717) is 22.9 Å². The van der Waals surface area contributed by atoms with Gasteiger partial charge in [0.1, 0.15) is 5.82 Å². The molecule has 0 spiro atoms. The number of amides is 1. The van der Waals surface area contributed by atoms with Crippen molar-refractivity contribution in [2.24, 2.45) is 0 Å². The van der Waals surface area contributed by atoms with Crippen molar-refractivity contribution < 1.29 is 22.4 Å². The second kappa shape index (κ2) is 11.9. The number of anilines is 2. The van der Waals surface area contributed by atoms with Gasteiger partial charge in [0, 0.05) is 18.7 Å². The number of benzene rings is 3. The Morgan fingerprint density at radius 3 is 2.33 bits per heavy atom. The van der Waals surface area contributed by atoms with E-state index in [1.165, 1.54) is 12.1 Å². The highest BCUT2D eigenvalue weighted by Gasteiger charge is 2.24. The maximum absolute atomic E-state index is 14.0. The van der Waals surface area contributed by atoms with Gasteiger partial charge in [-0.15, -0.1) is 10.2 Å². The van der Waals surface area contributed by atoms with Gasteiger partial charge in [-0.1, -0.05) is 30.3 Å². The van der Waals surface area contributed by atoms with E-state index in [4.69, 9.17) is 4.42 Å². The fourth-order valence-corrected chi connectivity index (χ4v) is 5.05. The molecule has 0 unspecified atom stereocenters. The smallest absolute Gasteiger partial charge is 0.314 e. The number of nitrogens with zero attached hydrogens (tertiary/aromatic N) is 5. The predicted octanol–water partition coefficient (Wildman–Crippen LogP) is 6.17.